The average Bonchev–Trinajstić information content (AvgIpc) is 3.40. The van der Waals surface area contributed by atoms with Crippen molar-refractivity contribution in [1.29, 1.82) is 0 Å². The predicted octanol–water partition coefficient (Wildman–Crippen LogP) is 2.68. The Labute approximate surface area is 167 Å². The third-order valence-electron chi connectivity index (χ3n) is 5.74. The zero-order valence-corrected chi connectivity index (χ0v) is 16.6. The molecule has 0 aromatic carbocycles. The lowest BCUT2D eigenvalue weighted by Crippen LogP contribution is -2.37. The molecular weight excluding hydrogens is 372 g/mol. The summed E-state index contributed by atoms with van der Waals surface area (Å²) in [5, 5.41) is 9.91. The van der Waals surface area contributed by atoms with Crippen LogP contribution in [0.3, 0.4) is 0 Å². The van der Waals surface area contributed by atoms with Crippen molar-refractivity contribution in [3.8, 4) is 5.82 Å². The van der Waals surface area contributed by atoms with Gasteiger partial charge in [0.15, 0.2) is 10.9 Å². The third-order valence-corrected chi connectivity index (χ3v) is 6.96. The molecule has 0 amide bonds. The Balaban J connectivity index is 1.25. The maximum Gasteiger partial charge on any atom is 0.266 e. The van der Waals surface area contributed by atoms with Gasteiger partial charge in [0.1, 0.15) is 0 Å². The van der Waals surface area contributed by atoms with E-state index in [1.165, 1.54) is 35.0 Å². The molecule has 28 heavy (non-hydrogen) atoms. The first kappa shape index (κ1) is 17.6. The number of aryl methyl sites for hydroxylation is 2. The van der Waals surface area contributed by atoms with Crippen LogP contribution < -0.4 is 10.5 Å². The molecule has 0 N–H and O–H groups in total. The average molecular weight is 397 g/mol. The Bertz CT molecular complexity index is 977. The van der Waals surface area contributed by atoms with Crippen LogP contribution in [0.25, 0.3) is 5.82 Å². The molecule has 0 spiro atoms. The first-order chi connectivity index (χ1) is 13.8. The third kappa shape index (κ3) is 3.48. The fourth-order valence-electron chi connectivity index (χ4n) is 4.12. The van der Waals surface area contributed by atoms with Crippen molar-refractivity contribution >= 4 is 16.5 Å². The highest BCUT2D eigenvalue weighted by atomic mass is 32.1. The van der Waals surface area contributed by atoms with E-state index in [1.54, 1.807) is 27.7 Å². The van der Waals surface area contributed by atoms with Crippen LogP contribution in [0, 0.1) is 5.92 Å². The van der Waals surface area contributed by atoms with E-state index in [-0.39, 0.29) is 5.56 Å². The van der Waals surface area contributed by atoms with E-state index in [1.807, 2.05) is 23.6 Å². The van der Waals surface area contributed by atoms with Gasteiger partial charge in [-0.2, -0.15) is 5.10 Å². The molecule has 146 valence electrons. The maximum absolute atomic E-state index is 12.3. The number of thiazole rings is 1. The Morgan fingerprint density at radius 3 is 2.79 bits per heavy atom. The van der Waals surface area contributed by atoms with Crippen molar-refractivity contribution in [2.75, 3.05) is 18.0 Å². The van der Waals surface area contributed by atoms with Crippen molar-refractivity contribution in [2.45, 2.75) is 45.1 Å². The van der Waals surface area contributed by atoms with Gasteiger partial charge in [0.25, 0.3) is 5.56 Å². The lowest BCUT2D eigenvalue weighted by molar-refractivity contribution is 0.334. The summed E-state index contributed by atoms with van der Waals surface area (Å²) in [6, 6.07) is 5.15. The quantitative estimate of drug-likeness (QED) is 0.678. The molecule has 0 radical (unpaired) electrons. The van der Waals surface area contributed by atoms with Crippen LogP contribution in [0.4, 0.5) is 5.13 Å². The minimum atomic E-state index is -0.0501. The van der Waals surface area contributed by atoms with Crippen molar-refractivity contribution in [3.63, 3.8) is 0 Å². The standard InChI is InChI=1S/C20H24N6OS/c27-19-7-6-18(25-11-3-10-21-25)23-26(19)14-15-8-12-24(13-9-15)20-22-16-4-1-2-5-17(16)28-20/h3,6-7,10-11,15H,1-2,4-5,8-9,12-14H2. The lowest BCUT2D eigenvalue weighted by atomic mass is 9.97. The minimum Gasteiger partial charge on any atom is -0.348 e. The van der Waals surface area contributed by atoms with Gasteiger partial charge in [-0.05, 0) is 56.6 Å². The summed E-state index contributed by atoms with van der Waals surface area (Å²) >= 11 is 1.89. The largest absolute Gasteiger partial charge is 0.348 e. The molecule has 4 heterocycles. The van der Waals surface area contributed by atoms with Crippen LogP contribution in [-0.2, 0) is 19.4 Å². The molecule has 0 atom stereocenters. The van der Waals surface area contributed by atoms with Crippen LogP contribution in [0.5, 0.6) is 0 Å². The predicted molar refractivity (Wildman–Crippen MR) is 109 cm³/mol. The molecule has 1 fully saturated rings. The molecule has 3 aromatic heterocycles. The normalized spacial score (nSPS) is 17.6. The summed E-state index contributed by atoms with van der Waals surface area (Å²) in [7, 11) is 0. The summed E-state index contributed by atoms with van der Waals surface area (Å²) < 4.78 is 3.28. The molecule has 3 aromatic rings. The molecule has 5 rings (SSSR count). The van der Waals surface area contributed by atoms with E-state index in [0.29, 0.717) is 18.3 Å². The first-order valence-corrected chi connectivity index (χ1v) is 10.9. The van der Waals surface area contributed by atoms with Crippen molar-refractivity contribution in [2.24, 2.45) is 5.92 Å². The van der Waals surface area contributed by atoms with Crippen molar-refractivity contribution in [1.82, 2.24) is 24.5 Å². The van der Waals surface area contributed by atoms with Gasteiger partial charge in [-0.1, -0.05) is 0 Å². The zero-order chi connectivity index (χ0) is 18.9. The van der Waals surface area contributed by atoms with Gasteiger partial charge in [0.05, 0.1) is 5.69 Å². The number of aromatic nitrogens is 5. The molecular formula is C20H24N6OS. The monoisotopic (exact) mass is 396 g/mol. The molecule has 0 saturated carbocycles. The van der Waals surface area contributed by atoms with E-state index in [4.69, 9.17) is 4.98 Å². The maximum atomic E-state index is 12.3. The number of nitrogens with zero attached hydrogens (tertiary/aromatic N) is 6. The molecule has 8 heteroatoms. The molecule has 1 saturated heterocycles. The lowest BCUT2D eigenvalue weighted by Gasteiger charge is -2.31. The minimum absolute atomic E-state index is 0.0501. The van der Waals surface area contributed by atoms with Crippen LogP contribution in [0.2, 0.25) is 0 Å². The van der Waals surface area contributed by atoms with Gasteiger partial charge in [0, 0.05) is 43.0 Å². The molecule has 7 nitrogen and oxygen atoms in total. The van der Waals surface area contributed by atoms with Gasteiger partial charge in [0.2, 0.25) is 0 Å². The number of fused-ring (bicyclic) bond motifs is 1. The highest BCUT2D eigenvalue weighted by Crippen LogP contribution is 2.33. The summed E-state index contributed by atoms with van der Waals surface area (Å²) in [4.78, 5) is 21.1. The van der Waals surface area contributed by atoms with Crippen molar-refractivity contribution < 1.29 is 0 Å². The Morgan fingerprint density at radius 1 is 1.14 bits per heavy atom. The fraction of sp³-hybridized carbons (Fsp3) is 0.500. The van der Waals surface area contributed by atoms with Gasteiger partial charge in [-0.3, -0.25) is 4.79 Å². The van der Waals surface area contributed by atoms with E-state index in [0.717, 1.165) is 32.4 Å². The summed E-state index contributed by atoms with van der Waals surface area (Å²) in [5.41, 5.74) is 1.28. The topological polar surface area (TPSA) is 68.8 Å². The summed E-state index contributed by atoms with van der Waals surface area (Å²) in [6.07, 6.45) is 10.6. The summed E-state index contributed by atoms with van der Waals surface area (Å²) in [5.74, 6) is 1.14. The Morgan fingerprint density at radius 2 is 2.00 bits per heavy atom. The molecule has 1 aliphatic carbocycles. The number of hydrogen-bond acceptors (Lipinski definition) is 6. The van der Waals surface area contributed by atoms with E-state index in [9.17, 15) is 4.79 Å². The smallest absolute Gasteiger partial charge is 0.266 e. The second-order valence-corrected chi connectivity index (χ2v) is 8.73. The highest BCUT2D eigenvalue weighted by Gasteiger charge is 2.24. The SMILES string of the molecule is O=c1ccc(-n2cccn2)nn1CC1CCN(c2nc3c(s2)CCCC3)CC1. The van der Waals surface area contributed by atoms with Gasteiger partial charge in [-0.25, -0.2) is 14.3 Å². The van der Waals surface area contributed by atoms with Crippen LogP contribution in [0.1, 0.15) is 36.3 Å². The second-order valence-electron chi connectivity index (χ2n) is 7.67. The molecule has 0 bridgehead atoms. The van der Waals surface area contributed by atoms with E-state index in [2.05, 4.69) is 15.1 Å². The van der Waals surface area contributed by atoms with E-state index >= 15 is 0 Å². The van der Waals surface area contributed by atoms with Crippen LogP contribution >= 0.6 is 11.3 Å². The first-order valence-electron chi connectivity index (χ1n) is 10.1. The van der Waals surface area contributed by atoms with Crippen molar-refractivity contribution in [3.05, 3.63) is 51.5 Å². The molecule has 0 unspecified atom stereocenters. The Kier molecular flexibility index (Phi) is 4.72. The number of anilines is 1. The highest BCUT2D eigenvalue weighted by molar-refractivity contribution is 7.15. The molecule has 1 aliphatic heterocycles. The fourth-order valence-corrected chi connectivity index (χ4v) is 5.32. The van der Waals surface area contributed by atoms with Gasteiger partial charge in [-0.15, -0.1) is 16.4 Å². The number of rotatable bonds is 4. The van der Waals surface area contributed by atoms with Crippen LogP contribution in [0.15, 0.2) is 35.4 Å². The van der Waals surface area contributed by atoms with E-state index < -0.39 is 0 Å². The second kappa shape index (κ2) is 7.50. The zero-order valence-electron chi connectivity index (χ0n) is 15.8. The number of piperidine rings is 1. The van der Waals surface area contributed by atoms with Gasteiger partial charge < -0.3 is 4.90 Å². The number of hydrogen-bond donors (Lipinski definition) is 0. The summed E-state index contributed by atoms with van der Waals surface area (Å²) in [6.45, 7) is 2.67. The van der Waals surface area contributed by atoms with Gasteiger partial charge >= 0.3 is 0 Å². The Hall–Kier alpha value is -2.48. The molecule has 2 aliphatic rings. The van der Waals surface area contributed by atoms with Crippen LogP contribution in [-0.4, -0.2) is 37.6 Å².